The summed E-state index contributed by atoms with van der Waals surface area (Å²) in [7, 11) is 1.44. The van der Waals surface area contributed by atoms with E-state index in [1.807, 2.05) is 0 Å². The highest BCUT2D eigenvalue weighted by atomic mass is 19.1. The van der Waals surface area contributed by atoms with Crippen molar-refractivity contribution in [3.63, 3.8) is 0 Å². The van der Waals surface area contributed by atoms with Gasteiger partial charge in [-0.05, 0) is 13.0 Å². The lowest BCUT2D eigenvalue weighted by atomic mass is 10.2. The minimum Gasteiger partial charge on any atom is -0.477 e. The largest absolute Gasteiger partial charge is 0.477 e. The van der Waals surface area contributed by atoms with E-state index in [0.717, 1.165) is 4.68 Å². The summed E-state index contributed by atoms with van der Waals surface area (Å²) < 4.78 is 16.5. The second-order valence-corrected chi connectivity index (χ2v) is 5.71. The van der Waals surface area contributed by atoms with Gasteiger partial charge in [0.15, 0.2) is 11.5 Å². The van der Waals surface area contributed by atoms with Crippen LogP contribution in [-0.2, 0) is 13.6 Å². The zero-order valence-electron chi connectivity index (χ0n) is 14.1. The maximum absolute atomic E-state index is 13.8. The number of carbonyl (C=O) groups is 2. The van der Waals surface area contributed by atoms with Crippen LogP contribution in [-0.4, -0.2) is 36.5 Å². The molecule has 9 heteroatoms. The van der Waals surface area contributed by atoms with Crippen molar-refractivity contribution >= 4 is 17.7 Å². The molecule has 0 spiro atoms. The van der Waals surface area contributed by atoms with E-state index in [4.69, 9.17) is 0 Å². The summed E-state index contributed by atoms with van der Waals surface area (Å²) in [5.41, 5.74) is 0.900. The number of amides is 1. The Morgan fingerprint density at radius 1 is 1.31 bits per heavy atom. The monoisotopic (exact) mass is 357 g/mol. The van der Waals surface area contributed by atoms with Gasteiger partial charge in [0.1, 0.15) is 5.82 Å². The molecule has 2 N–H and O–H groups in total. The van der Waals surface area contributed by atoms with E-state index in [2.05, 4.69) is 15.5 Å². The Hall–Kier alpha value is -3.49. The van der Waals surface area contributed by atoms with Gasteiger partial charge in [-0.2, -0.15) is 10.2 Å². The van der Waals surface area contributed by atoms with Crippen LogP contribution in [0.5, 0.6) is 0 Å². The lowest BCUT2D eigenvalue weighted by Crippen LogP contribution is -2.17. The summed E-state index contributed by atoms with van der Waals surface area (Å²) in [4.78, 5) is 23.6. The van der Waals surface area contributed by atoms with Crippen LogP contribution in [0.25, 0.3) is 0 Å². The maximum atomic E-state index is 13.8. The number of carboxylic acids is 1. The van der Waals surface area contributed by atoms with Crippen LogP contribution in [0, 0.1) is 12.7 Å². The smallest absolute Gasteiger partial charge is 0.354 e. The van der Waals surface area contributed by atoms with Crippen molar-refractivity contribution in [3.8, 4) is 0 Å². The molecule has 0 atom stereocenters. The molecule has 0 aliphatic heterocycles. The van der Waals surface area contributed by atoms with Gasteiger partial charge in [-0.3, -0.25) is 14.2 Å². The molecule has 0 fully saturated rings. The van der Waals surface area contributed by atoms with Crippen LogP contribution >= 0.6 is 0 Å². The van der Waals surface area contributed by atoms with Crippen LogP contribution in [0.1, 0.15) is 32.1 Å². The summed E-state index contributed by atoms with van der Waals surface area (Å²) in [5, 5.41) is 19.8. The highest BCUT2D eigenvalue weighted by Crippen LogP contribution is 2.15. The van der Waals surface area contributed by atoms with E-state index < -0.39 is 11.9 Å². The van der Waals surface area contributed by atoms with Crippen molar-refractivity contribution in [1.29, 1.82) is 0 Å². The number of benzene rings is 1. The van der Waals surface area contributed by atoms with Gasteiger partial charge in [0, 0.05) is 24.4 Å². The Kier molecular flexibility index (Phi) is 4.53. The van der Waals surface area contributed by atoms with E-state index >= 15 is 0 Å². The van der Waals surface area contributed by atoms with Gasteiger partial charge in [-0.1, -0.05) is 18.2 Å². The first-order valence-electron chi connectivity index (χ1n) is 7.71. The molecule has 8 nitrogen and oxygen atoms in total. The third-order valence-corrected chi connectivity index (χ3v) is 3.89. The first kappa shape index (κ1) is 17.3. The zero-order chi connectivity index (χ0) is 18.8. The number of anilines is 1. The van der Waals surface area contributed by atoms with Crippen molar-refractivity contribution in [2.24, 2.45) is 7.05 Å². The van der Waals surface area contributed by atoms with Crippen molar-refractivity contribution in [1.82, 2.24) is 19.6 Å². The number of aryl methyl sites for hydroxylation is 2. The van der Waals surface area contributed by atoms with Crippen LogP contribution in [0.3, 0.4) is 0 Å². The molecule has 0 aliphatic carbocycles. The molecule has 0 saturated heterocycles. The lowest BCUT2D eigenvalue weighted by molar-refractivity contribution is 0.0680. The number of aromatic nitrogens is 4. The lowest BCUT2D eigenvalue weighted by Gasteiger charge is -2.05. The molecule has 1 aromatic carbocycles. The molecule has 26 heavy (non-hydrogen) atoms. The average Bonchev–Trinajstić information content (AvgIpc) is 3.12. The highest BCUT2D eigenvalue weighted by molar-refractivity contribution is 6.09. The van der Waals surface area contributed by atoms with E-state index in [0.29, 0.717) is 11.3 Å². The van der Waals surface area contributed by atoms with Crippen molar-refractivity contribution in [3.05, 3.63) is 64.9 Å². The molecular weight excluding hydrogens is 341 g/mol. The van der Waals surface area contributed by atoms with Gasteiger partial charge in [-0.15, -0.1) is 0 Å². The summed E-state index contributed by atoms with van der Waals surface area (Å²) in [6.45, 7) is 1.98. The number of hydrogen-bond acceptors (Lipinski definition) is 4. The summed E-state index contributed by atoms with van der Waals surface area (Å²) >= 11 is 0. The minimum absolute atomic E-state index is 0.0682. The van der Waals surface area contributed by atoms with Crippen molar-refractivity contribution in [2.75, 3.05) is 5.32 Å². The predicted octanol–water partition coefficient (Wildman–Crippen LogP) is 2.06. The van der Waals surface area contributed by atoms with Crippen LogP contribution in [0.2, 0.25) is 0 Å². The molecule has 0 radical (unpaired) electrons. The van der Waals surface area contributed by atoms with Gasteiger partial charge < -0.3 is 10.4 Å². The molecule has 1 amide bonds. The first-order valence-corrected chi connectivity index (χ1v) is 7.71. The number of carbonyl (C=O) groups excluding carboxylic acids is 1. The Balaban J connectivity index is 1.81. The van der Waals surface area contributed by atoms with Crippen molar-refractivity contribution in [2.45, 2.75) is 13.5 Å². The second-order valence-electron chi connectivity index (χ2n) is 5.71. The molecule has 2 heterocycles. The van der Waals surface area contributed by atoms with Gasteiger partial charge >= 0.3 is 5.97 Å². The van der Waals surface area contributed by atoms with E-state index in [9.17, 15) is 19.1 Å². The second kappa shape index (κ2) is 6.79. The quantitative estimate of drug-likeness (QED) is 0.728. The number of halogens is 1. The molecule has 0 aliphatic rings. The number of nitrogens with zero attached hydrogens (tertiary/aromatic N) is 4. The van der Waals surface area contributed by atoms with E-state index in [1.54, 1.807) is 35.9 Å². The van der Waals surface area contributed by atoms with Crippen LogP contribution < -0.4 is 5.32 Å². The average molecular weight is 357 g/mol. The third-order valence-electron chi connectivity index (χ3n) is 3.89. The summed E-state index contributed by atoms with van der Waals surface area (Å²) in [6.07, 6.45) is 1.18. The number of nitrogens with one attached hydrogen (secondary N) is 1. The summed E-state index contributed by atoms with van der Waals surface area (Å²) in [5.74, 6) is -1.99. The zero-order valence-corrected chi connectivity index (χ0v) is 14.1. The normalized spacial score (nSPS) is 10.7. The van der Waals surface area contributed by atoms with Gasteiger partial charge in [0.2, 0.25) is 0 Å². The molecule has 3 rings (SSSR count). The van der Waals surface area contributed by atoms with Crippen LogP contribution in [0.4, 0.5) is 10.2 Å². The van der Waals surface area contributed by atoms with E-state index in [-0.39, 0.29) is 29.4 Å². The molecule has 0 unspecified atom stereocenters. The number of carboxylic acid groups (broad SMARTS) is 1. The standard InChI is InChI=1S/C17H16FN5O3/c1-10-7-14(21-23(10)9-11-5-3-4-6-13(11)18)20-16(24)12-8-19-22(2)15(12)17(25)26/h3-8H,9H2,1-2H3,(H,25,26)(H,20,21,24). The Morgan fingerprint density at radius 2 is 2.04 bits per heavy atom. The van der Waals surface area contributed by atoms with Gasteiger partial charge in [-0.25, -0.2) is 9.18 Å². The molecule has 0 bridgehead atoms. The molecule has 0 saturated carbocycles. The van der Waals surface area contributed by atoms with Crippen LogP contribution in [0.15, 0.2) is 36.5 Å². The summed E-state index contributed by atoms with van der Waals surface area (Å²) in [6, 6.07) is 7.98. The molecular formula is C17H16FN5O3. The Morgan fingerprint density at radius 3 is 2.73 bits per heavy atom. The molecule has 2 aromatic heterocycles. The number of rotatable bonds is 5. The van der Waals surface area contributed by atoms with Gasteiger partial charge in [0.05, 0.1) is 18.3 Å². The fourth-order valence-corrected chi connectivity index (χ4v) is 2.56. The first-order chi connectivity index (χ1) is 12.4. The maximum Gasteiger partial charge on any atom is 0.354 e. The molecule has 134 valence electrons. The minimum atomic E-state index is -1.25. The van der Waals surface area contributed by atoms with Gasteiger partial charge in [0.25, 0.3) is 5.91 Å². The fraction of sp³-hybridized carbons (Fsp3) is 0.176. The Bertz CT molecular complexity index is 992. The van der Waals surface area contributed by atoms with E-state index in [1.165, 1.54) is 19.3 Å². The highest BCUT2D eigenvalue weighted by Gasteiger charge is 2.22. The molecule has 3 aromatic rings. The Labute approximate surface area is 147 Å². The SMILES string of the molecule is Cc1cc(NC(=O)c2cnn(C)c2C(=O)O)nn1Cc1ccccc1F. The number of hydrogen-bond donors (Lipinski definition) is 2. The topological polar surface area (TPSA) is 102 Å². The third kappa shape index (κ3) is 3.32. The fourth-order valence-electron chi connectivity index (χ4n) is 2.56. The number of aromatic carboxylic acids is 1. The van der Waals surface area contributed by atoms with Crippen molar-refractivity contribution < 1.29 is 19.1 Å². The predicted molar refractivity (Wildman–Crippen MR) is 90.6 cm³/mol.